The number of carbonyl (C=O) groups is 1. The van der Waals surface area contributed by atoms with Crippen molar-refractivity contribution in [2.45, 2.75) is 6.18 Å². The van der Waals surface area contributed by atoms with E-state index in [0.29, 0.717) is 0 Å². The van der Waals surface area contributed by atoms with Crippen LogP contribution in [0.2, 0.25) is 0 Å². The highest BCUT2D eigenvalue weighted by molar-refractivity contribution is 9.10. The van der Waals surface area contributed by atoms with E-state index >= 15 is 0 Å². The molecule has 2 rings (SSSR count). The zero-order valence-corrected chi connectivity index (χ0v) is 12.1. The van der Waals surface area contributed by atoms with Gasteiger partial charge in [-0.15, -0.1) is 5.10 Å². The van der Waals surface area contributed by atoms with Crippen LogP contribution >= 0.6 is 15.9 Å². The van der Waals surface area contributed by atoms with Crippen LogP contribution in [0.4, 0.5) is 23.5 Å². The third-order valence-corrected chi connectivity index (χ3v) is 2.88. The van der Waals surface area contributed by atoms with Gasteiger partial charge in [-0.1, -0.05) is 0 Å². The second kappa shape index (κ2) is 6.30. The fourth-order valence-corrected chi connectivity index (χ4v) is 1.81. The highest BCUT2D eigenvalue weighted by atomic mass is 79.9. The summed E-state index contributed by atoms with van der Waals surface area (Å²) in [5.74, 6) is -2.93. The van der Waals surface area contributed by atoms with Crippen molar-refractivity contribution in [1.29, 1.82) is 0 Å². The Morgan fingerprint density at radius 3 is 2.73 bits per heavy atom. The first-order valence-corrected chi connectivity index (χ1v) is 6.42. The maximum absolute atomic E-state index is 12.9. The summed E-state index contributed by atoms with van der Waals surface area (Å²) in [4.78, 5) is 14.6. The number of carbonyl (C=O) groups excluding carboxylic acids is 1. The SMILES string of the molecule is O=C(COc1ccc(F)cc1Br)Nc1n[nH]c(C(F)(F)F)n1. The van der Waals surface area contributed by atoms with Crippen LogP contribution in [0.1, 0.15) is 5.82 Å². The van der Waals surface area contributed by atoms with E-state index in [1.165, 1.54) is 6.07 Å². The topological polar surface area (TPSA) is 79.9 Å². The smallest absolute Gasteiger partial charge is 0.451 e. The van der Waals surface area contributed by atoms with Crippen LogP contribution in [0.5, 0.6) is 5.75 Å². The fourth-order valence-electron chi connectivity index (χ4n) is 1.34. The van der Waals surface area contributed by atoms with Gasteiger partial charge in [-0.25, -0.2) is 4.39 Å². The van der Waals surface area contributed by atoms with Crippen LogP contribution < -0.4 is 10.1 Å². The molecule has 1 heterocycles. The molecular formula is C11H7BrF4N4O2. The lowest BCUT2D eigenvalue weighted by atomic mass is 10.3. The van der Waals surface area contributed by atoms with Crippen molar-refractivity contribution in [2.75, 3.05) is 11.9 Å². The Morgan fingerprint density at radius 2 is 2.14 bits per heavy atom. The molecule has 0 unspecified atom stereocenters. The summed E-state index contributed by atoms with van der Waals surface area (Å²) < 4.78 is 55.1. The molecule has 2 aromatic rings. The quantitative estimate of drug-likeness (QED) is 0.796. The van der Waals surface area contributed by atoms with E-state index in [4.69, 9.17) is 4.74 Å². The van der Waals surface area contributed by atoms with Crippen molar-refractivity contribution in [2.24, 2.45) is 0 Å². The number of rotatable bonds is 4. The summed E-state index contributed by atoms with van der Waals surface area (Å²) in [5.41, 5.74) is 0. The molecule has 22 heavy (non-hydrogen) atoms. The number of ether oxygens (including phenoxy) is 1. The molecule has 0 saturated carbocycles. The molecule has 0 aliphatic carbocycles. The normalized spacial score (nSPS) is 11.3. The molecule has 1 aromatic heterocycles. The number of benzene rings is 1. The number of amides is 1. The number of halogens is 5. The number of H-pyrrole nitrogens is 1. The lowest BCUT2D eigenvalue weighted by Gasteiger charge is -2.07. The number of hydrogen-bond acceptors (Lipinski definition) is 4. The molecule has 118 valence electrons. The van der Waals surface area contributed by atoms with Crippen molar-refractivity contribution in [3.63, 3.8) is 0 Å². The fraction of sp³-hybridized carbons (Fsp3) is 0.182. The molecule has 0 fully saturated rings. The third kappa shape index (κ3) is 4.16. The van der Waals surface area contributed by atoms with E-state index in [2.05, 4.69) is 26.0 Å². The molecule has 0 bridgehead atoms. The van der Waals surface area contributed by atoms with Crippen LogP contribution in [0, 0.1) is 5.82 Å². The molecule has 0 spiro atoms. The Kier molecular flexibility index (Phi) is 4.64. The van der Waals surface area contributed by atoms with Crippen molar-refractivity contribution in [1.82, 2.24) is 15.2 Å². The first-order valence-electron chi connectivity index (χ1n) is 5.63. The maximum Gasteiger partial charge on any atom is 0.451 e. The standard InChI is InChI=1S/C11H7BrF4N4O2/c12-6-3-5(13)1-2-7(6)22-4-8(21)17-10-18-9(19-20-10)11(14,15)16/h1-3H,4H2,(H2,17,18,19,20,21). The number of nitrogens with one attached hydrogen (secondary N) is 2. The van der Waals surface area contributed by atoms with Crippen LogP contribution in [-0.2, 0) is 11.0 Å². The maximum atomic E-state index is 12.9. The second-order valence-corrected chi connectivity index (χ2v) is 4.77. The zero-order valence-electron chi connectivity index (χ0n) is 10.5. The van der Waals surface area contributed by atoms with E-state index in [9.17, 15) is 22.4 Å². The van der Waals surface area contributed by atoms with Crippen molar-refractivity contribution in [3.8, 4) is 5.75 Å². The molecule has 1 aromatic carbocycles. The Labute approximate surface area is 129 Å². The number of anilines is 1. The number of hydrogen-bond donors (Lipinski definition) is 2. The summed E-state index contributed by atoms with van der Waals surface area (Å²) >= 11 is 3.04. The molecule has 0 aliphatic heterocycles. The predicted molar refractivity (Wildman–Crippen MR) is 69.6 cm³/mol. The summed E-state index contributed by atoms with van der Waals surface area (Å²) in [6, 6.07) is 3.56. The van der Waals surface area contributed by atoms with Crippen molar-refractivity contribution < 1.29 is 27.1 Å². The van der Waals surface area contributed by atoms with Crippen LogP contribution in [0.3, 0.4) is 0 Å². The Balaban J connectivity index is 1.92. The highest BCUT2D eigenvalue weighted by Crippen LogP contribution is 2.26. The van der Waals surface area contributed by atoms with Gasteiger partial charge in [0.25, 0.3) is 5.91 Å². The van der Waals surface area contributed by atoms with Gasteiger partial charge >= 0.3 is 6.18 Å². The minimum Gasteiger partial charge on any atom is -0.483 e. The zero-order chi connectivity index (χ0) is 16.3. The van der Waals surface area contributed by atoms with E-state index in [1.807, 2.05) is 5.32 Å². The summed E-state index contributed by atoms with van der Waals surface area (Å²) in [7, 11) is 0. The molecule has 1 amide bonds. The lowest BCUT2D eigenvalue weighted by Crippen LogP contribution is -2.21. The minimum absolute atomic E-state index is 0.197. The molecule has 0 aliphatic rings. The molecule has 11 heteroatoms. The van der Waals surface area contributed by atoms with E-state index in [0.717, 1.165) is 12.1 Å². The Hall–Kier alpha value is -2.17. The summed E-state index contributed by atoms with van der Waals surface area (Å²) in [6.07, 6.45) is -4.69. The molecule has 6 nitrogen and oxygen atoms in total. The van der Waals surface area contributed by atoms with E-state index in [1.54, 1.807) is 5.10 Å². The third-order valence-electron chi connectivity index (χ3n) is 2.26. The van der Waals surface area contributed by atoms with Crippen LogP contribution in [0.25, 0.3) is 0 Å². The Morgan fingerprint density at radius 1 is 1.41 bits per heavy atom. The molecule has 0 saturated heterocycles. The average Bonchev–Trinajstić information content (AvgIpc) is 2.86. The molecule has 0 atom stereocenters. The number of aromatic nitrogens is 3. The number of alkyl halides is 3. The molecular weight excluding hydrogens is 376 g/mol. The summed E-state index contributed by atoms with van der Waals surface area (Å²) in [6.45, 7) is -0.514. The van der Waals surface area contributed by atoms with Gasteiger partial charge in [0.15, 0.2) is 6.61 Å². The highest BCUT2D eigenvalue weighted by Gasteiger charge is 2.35. The van der Waals surface area contributed by atoms with Crippen LogP contribution in [0.15, 0.2) is 22.7 Å². The van der Waals surface area contributed by atoms with Gasteiger partial charge in [0, 0.05) is 0 Å². The van der Waals surface area contributed by atoms with Gasteiger partial charge in [-0.3, -0.25) is 15.2 Å². The van der Waals surface area contributed by atoms with Crippen LogP contribution in [-0.4, -0.2) is 27.7 Å². The van der Waals surface area contributed by atoms with Gasteiger partial charge in [-0.05, 0) is 34.1 Å². The Bertz CT molecular complexity index is 689. The molecule has 2 N–H and O–H groups in total. The minimum atomic E-state index is -4.69. The van der Waals surface area contributed by atoms with Crippen molar-refractivity contribution in [3.05, 3.63) is 34.3 Å². The lowest BCUT2D eigenvalue weighted by molar-refractivity contribution is -0.144. The van der Waals surface area contributed by atoms with Gasteiger partial charge in [0.05, 0.1) is 4.47 Å². The van der Waals surface area contributed by atoms with Gasteiger partial charge in [0.2, 0.25) is 11.8 Å². The van der Waals surface area contributed by atoms with Gasteiger partial charge in [-0.2, -0.15) is 18.2 Å². The first-order chi connectivity index (χ1) is 10.3. The van der Waals surface area contributed by atoms with Gasteiger partial charge < -0.3 is 4.74 Å². The monoisotopic (exact) mass is 382 g/mol. The number of nitrogens with zero attached hydrogens (tertiary/aromatic N) is 2. The molecule has 0 radical (unpaired) electrons. The second-order valence-electron chi connectivity index (χ2n) is 3.92. The summed E-state index contributed by atoms with van der Waals surface area (Å²) in [5, 5.41) is 6.88. The predicted octanol–water partition coefficient (Wildman–Crippen LogP) is 2.74. The van der Waals surface area contributed by atoms with Crippen molar-refractivity contribution >= 4 is 27.8 Å². The van der Waals surface area contributed by atoms with E-state index < -0.39 is 36.3 Å². The van der Waals surface area contributed by atoms with E-state index in [-0.39, 0.29) is 10.2 Å². The first kappa shape index (κ1) is 16.2. The average molecular weight is 383 g/mol. The largest absolute Gasteiger partial charge is 0.483 e. The van der Waals surface area contributed by atoms with Gasteiger partial charge in [0.1, 0.15) is 11.6 Å². The number of aromatic amines is 1.